The topological polar surface area (TPSA) is 95.2 Å². The van der Waals surface area contributed by atoms with E-state index in [2.05, 4.69) is 10.3 Å². The van der Waals surface area contributed by atoms with Gasteiger partial charge in [-0.3, -0.25) is 10.1 Å². The van der Waals surface area contributed by atoms with Crippen molar-refractivity contribution in [3.05, 3.63) is 52.5 Å². The van der Waals surface area contributed by atoms with Crippen molar-refractivity contribution < 1.29 is 19.0 Å². The average Bonchev–Trinajstić information content (AvgIpc) is 2.95. The molecule has 3 rings (SSSR count). The lowest BCUT2D eigenvalue weighted by molar-refractivity contribution is -0.124. The van der Waals surface area contributed by atoms with Gasteiger partial charge in [-0.1, -0.05) is 23.7 Å². The highest BCUT2D eigenvalue weighted by Gasteiger charge is 2.45. The Hall–Kier alpha value is -2.93. The van der Waals surface area contributed by atoms with Crippen LogP contribution in [0.1, 0.15) is 11.1 Å². The Balaban J connectivity index is 2.11. The lowest BCUT2D eigenvalue weighted by Crippen LogP contribution is -2.40. The van der Waals surface area contributed by atoms with E-state index in [9.17, 15) is 4.79 Å². The molecule has 0 aromatic heterocycles. The molecule has 8 heteroatoms. The molecule has 0 fully saturated rings. The lowest BCUT2D eigenvalue weighted by Gasteiger charge is -2.25. The van der Waals surface area contributed by atoms with E-state index in [0.29, 0.717) is 27.8 Å². The fraction of sp³-hybridized carbons (Fsp3) is 0.263. The predicted octanol–water partition coefficient (Wildman–Crippen LogP) is 2.25. The number of methoxy groups -OCH3 is 3. The van der Waals surface area contributed by atoms with Gasteiger partial charge in [-0.2, -0.15) is 0 Å². The summed E-state index contributed by atoms with van der Waals surface area (Å²) in [5, 5.41) is 3.16. The molecule has 1 atom stereocenters. The highest BCUT2D eigenvalue weighted by atomic mass is 35.5. The smallest absolute Gasteiger partial charge is 0.259 e. The molecule has 1 unspecified atom stereocenters. The molecule has 0 aliphatic carbocycles. The summed E-state index contributed by atoms with van der Waals surface area (Å²) in [5.74, 6) is 1.23. The standard InChI is InChI=1S/C19H20ClN3O4/c1-25-14-8-11(9-15(26-2)16(14)27-3)10-19(17(24)22-18(21)23-19)12-4-6-13(20)7-5-12/h4-9H,10H2,1-3H3,(H3,21,22,23,24). The van der Waals surface area contributed by atoms with Crippen molar-refractivity contribution in [1.29, 1.82) is 0 Å². The van der Waals surface area contributed by atoms with Gasteiger partial charge >= 0.3 is 0 Å². The lowest BCUT2D eigenvalue weighted by atomic mass is 9.84. The van der Waals surface area contributed by atoms with Crippen molar-refractivity contribution in [2.45, 2.75) is 12.0 Å². The Kier molecular flexibility index (Phi) is 5.14. The maximum atomic E-state index is 12.8. The zero-order valence-corrected chi connectivity index (χ0v) is 16.0. The molecule has 0 spiro atoms. The number of nitrogens with one attached hydrogen (secondary N) is 1. The van der Waals surface area contributed by atoms with Crippen molar-refractivity contribution in [2.75, 3.05) is 21.3 Å². The van der Waals surface area contributed by atoms with Gasteiger partial charge < -0.3 is 19.9 Å². The summed E-state index contributed by atoms with van der Waals surface area (Å²) in [4.78, 5) is 17.2. The molecule has 1 heterocycles. The third kappa shape index (κ3) is 3.38. The van der Waals surface area contributed by atoms with E-state index in [4.69, 9.17) is 31.5 Å². The van der Waals surface area contributed by atoms with Gasteiger partial charge in [-0.25, -0.2) is 4.99 Å². The number of carbonyl (C=O) groups excluding carboxylic acids is 1. The van der Waals surface area contributed by atoms with E-state index < -0.39 is 5.54 Å². The Morgan fingerprint density at radius 1 is 1.07 bits per heavy atom. The molecule has 0 saturated heterocycles. The molecular formula is C19H20ClN3O4. The summed E-state index contributed by atoms with van der Waals surface area (Å²) in [6.07, 6.45) is 0.248. The van der Waals surface area contributed by atoms with Gasteiger partial charge in [0, 0.05) is 11.4 Å². The Bertz CT molecular complexity index is 873. The third-order valence-corrected chi connectivity index (χ3v) is 4.69. The second kappa shape index (κ2) is 7.36. The number of aliphatic imine (C=N–C) groups is 1. The van der Waals surface area contributed by atoms with E-state index >= 15 is 0 Å². The van der Waals surface area contributed by atoms with E-state index in [1.165, 1.54) is 21.3 Å². The highest BCUT2D eigenvalue weighted by molar-refractivity contribution is 6.30. The first-order chi connectivity index (χ1) is 12.9. The van der Waals surface area contributed by atoms with Gasteiger partial charge in [0.2, 0.25) is 5.75 Å². The number of ether oxygens (including phenoxy) is 3. The Morgan fingerprint density at radius 2 is 1.67 bits per heavy atom. The number of nitrogens with zero attached hydrogens (tertiary/aromatic N) is 1. The van der Waals surface area contributed by atoms with Crippen LogP contribution in [0.15, 0.2) is 41.4 Å². The molecule has 7 nitrogen and oxygen atoms in total. The van der Waals surface area contributed by atoms with Crippen LogP contribution in [0.4, 0.5) is 0 Å². The summed E-state index contributed by atoms with van der Waals surface area (Å²) < 4.78 is 16.2. The first kappa shape index (κ1) is 18.8. The SMILES string of the molecule is COc1cc(CC2(c3ccc(Cl)cc3)N=C(N)NC2=O)cc(OC)c1OC. The molecule has 3 N–H and O–H groups in total. The molecule has 142 valence electrons. The largest absolute Gasteiger partial charge is 0.493 e. The van der Waals surface area contributed by atoms with Gasteiger partial charge in [0.25, 0.3) is 5.91 Å². The third-order valence-electron chi connectivity index (χ3n) is 4.43. The second-order valence-corrected chi connectivity index (χ2v) is 6.47. The van der Waals surface area contributed by atoms with Gasteiger partial charge in [0.15, 0.2) is 23.0 Å². The van der Waals surface area contributed by atoms with Crippen molar-refractivity contribution in [3.8, 4) is 17.2 Å². The van der Waals surface area contributed by atoms with E-state index in [-0.39, 0.29) is 18.3 Å². The van der Waals surface area contributed by atoms with Crippen molar-refractivity contribution in [2.24, 2.45) is 10.7 Å². The Labute approximate surface area is 162 Å². The molecule has 1 aliphatic heterocycles. The number of halogens is 1. The molecule has 27 heavy (non-hydrogen) atoms. The molecule has 0 saturated carbocycles. The minimum absolute atomic E-state index is 0.0717. The number of guanidine groups is 1. The number of rotatable bonds is 6. The number of nitrogens with two attached hydrogens (primary N) is 1. The van der Waals surface area contributed by atoms with Crippen molar-refractivity contribution >= 4 is 23.5 Å². The number of hydrogen-bond acceptors (Lipinski definition) is 6. The molecule has 2 aromatic carbocycles. The van der Waals surface area contributed by atoms with E-state index in [0.717, 1.165) is 5.56 Å². The predicted molar refractivity (Wildman–Crippen MR) is 103 cm³/mol. The zero-order valence-electron chi connectivity index (χ0n) is 15.2. The van der Waals surface area contributed by atoms with Crippen LogP contribution in [0, 0.1) is 0 Å². The average molecular weight is 390 g/mol. The van der Waals surface area contributed by atoms with Crippen LogP contribution < -0.4 is 25.3 Å². The maximum absolute atomic E-state index is 12.8. The summed E-state index contributed by atoms with van der Waals surface area (Å²) in [5.41, 5.74) is 6.04. The van der Waals surface area contributed by atoms with Crippen LogP contribution in [0.3, 0.4) is 0 Å². The number of carbonyl (C=O) groups is 1. The van der Waals surface area contributed by atoms with Crippen LogP contribution in [0.25, 0.3) is 0 Å². The van der Waals surface area contributed by atoms with Crippen LogP contribution >= 0.6 is 11.6 Å². The first-order valence-electron chi connectivity index (χ1n) is 8.15. The molecule has 1 aliphatic rings. The van der Waals surface area contributed by atoms with Gasteiger partial charge in [0.1, 0.15) is 0 Å². The van der Waals surface area contributed by atoms with Crippen molar-refractivity contribution in [1.82, 2.24) is 5.32 Å². The van der Waals surface area contributed by atoms with Crippen molar-refractivity contribution in [3.63, 3.8) is 0 Å². The number of benzene rings is 2. The molecular weight excluding hydrogens is 370 g/mol. The summed E-state index contributed by atoms with van der Waals surface area (Å²) in [6.45, 7) is 0. The summed E-state index contributed by atoms with van der Waals surface area (Å²) >= 11 is 5.99. The monoisotopic (exact) mass is 389 g/mol. The number of amides is 1. The van der Waals surface area contributed by atoms with E-state index in [1.54, 1.807) is 36.4 Å². The summed E-state index contributed by atoms with van der Waals surface area (Å²) in [6, 6.07) is 10.5. The van der Waals surface area contributed by atoms with Crippen LogP contribution in [-0.4, -0.2) is 33.2 Å². The second-order valence-electron chi connectivity index (χ2n) is 6.03. The fourth-order valence-electron chi connectivity index (χ4n) is 3.18. The molecule has 1 amide bonds. The molecule has 0 radical (unpaired) electrons. The highest BCUT2D eigenvalue weighted by Crippen LogP contribution is 2.41. The minimum Gasteiger partial charge on any atom is -0.493 e. The van der Waals surface area contributed by atoms with Crippen LogP contribution in [0.2, 0.25) is 5.02 Å². The Morgan fingerprint density at radius 3 is 2.11 bits per heavy atom. The minimum atomic E-state index is -1.21. The first-order valence-corrected chi connectivity index (χ1v) is 8.53. The zero-order chi connectivity index (χ0) is 19.6. The van der Waals surface area contributed by atoms with E-state index in [1.807, 2.05) is 0 Å². The molecule has 2 aromatic rings. The van der Waals surface area contributed by atoms with Crippen LogP contribution in [0.5, 0.6) is 17.2 Å². The van der Waals surface area contributed by atoms with Crippen LogP contribution in [-0.2, 0) is 16.8 Å². The van der Waals surface area contributed by atoms with Gasteiger partial charge in [0.05, 0.1) is 21.3 Å². The van der Waals surface area contributed by atoms with Gasteiger partial charge in [-0.05, 0) is 35.4 Å². The summed E-state index contributed by atoms with van der Waals surface area (Å²) in [7, 11) is 4.60. The number of hydrogen-bond donors (Lipinski definition) is 2. The fourth-order valence-corrected chi connectivity index (χ4v) is 3.31. The quantitative estimate of drug-likeness (QED) is 0.790. The normalized spacial score (nSPS) is 18.7. The maximum Gasteiger partial charge on any atom is 0.259 e. The molecule has 0 bridgehead atoms. The van der Waals surface area contributed by atoms with Gasteiger partial charge in [-0.15, -0.1) is 0 Å².